The van der Waals surface area contributed by atoms with Crippen LogP contribution in [0.1, 0.15) is 32.1 Å². The number of piperidine rings is 1. The van der Waals surface area contributed by atoms with E-state index >= 15 is 0 Å². The maximum atomic E-state index is 11.3. The number of nitrogens with one attached hydrogen (secondary N) is 1. The van der Waals surface area contributed by atoms with Gasteiger partial charge in [-0.2, -0.15) is 0 Å². The number of ether oxygens (including phenoxy) is 1. The molecule has 0 bridgehead atoms. The zero-order valence-corrected chi connectivity index (χ0v) is 8.79. The van der Waals surface area contributed by atoms with Gasteiger partial charge in [0.1, 0.15) is 6.04 Å². The summed E-state index contributed by atoms with van der Waals surface area (Å²) in [6, 6.07) is -0.0440. The first kappa shape index (κ1) is 9.97. The summed E-state index contributed by atoms with van der Waals surface area (Å²) in [5.74, 6) is 1.62. The highest BCUT2D eigenvalue weighted by Gasteiger charge is 2.31. The van der Waals surface area contributed by atoms with Gasteiger partial charge in [-0.25, -0.2) is 0 Å². The quantitative estimate of drug-likeness (QED) is 0.694. The Kier molecular flexibility index (Phi) is 3.06. The van der Waals surface area contributed by atoms with E-state index in [1.165, 1.54) is 32.8 Å². The first-order valence-corrected chi connectivity index (χ1v) is 5.61. The lowest BCUT2D eigenvalue weighted by molar-refractivity contribution is -0.144. The lowest BCUT2D eigenvalue weighted by Crippen LogP contribution is -2.44. The molecule has 2 fully saturated rings. The Bertz CT molecular complexity index is 213. The Morgan fingerprint density at radius 3 is 2.79 bits per heavy atom. The van der Waals surface area contributed by atoms with E-state index in [-0.39, 0.29) is 12.0 Å². The molecule has 2 atom stereocenters. The van der Waals surface area contributed by atoms with Crippen molar-refractivity contribution in [1.29, 1.82) is 0 Å². The molecule has 0 aromatic heterocycles. The molecule has 2 rings (SSSR count). The van der Waals surface area contributed by atoms with E-state index in [1.54, 1.807) is 0 Å². The van der Waals surface area contributed by atoms with Gasteiger partial charge in [-0.3, -0.25) is 4.79 Å². The van der Waals surface area contributed by atoms with Gasteiger partial charge >= 0.3 is 5.97 Å². The number of carbonyl (C=O) groups is 1. The first-order chi connectivity index (χ1) is 6.79. The molecule has 1 aliphatic heterocycles. The van der Waals surface area contributed by atoms with Crippen LogP contribution in [0.2, 0.25) is 0 Å². The summed E-state index contributed by atoms with van der Waals surface area (Å²) >= 11 is 0. The van der Waals surface area contributed by atoms with Crippen molar-refractivity contribution in [2.24, 2.45) is 11.8 Å². The molecule has 14 heavy (non-hydrogen) atoms. The molecule has 2 aliphatic rings. The van der Waals surface area contributed by atoms with Crippen molar-refractivity contribution in [3.63, 3.8) is 0 Å². The summed E-state index contributed by atoms with van der Waals surface area (Å²) < 4.78 is 4.76. The molecule has 1 N–H and O–H groups in total. The summed E-state index contributed by atoms with van der Waals surface area (Å²) in [6.07, 6.45) is 6.35. The Balaban J connectivity index is 1.79. The van der Waals surface area contributed by atoms with Crippen molar-refractivity contribution in [3.05, 3.63) is 0 Å². The Morgan fingerprint density at radius 1 is 1.36 bits per heavy atom. The molecule has 80 valence electrons. The van der Waals surface area contributed by atoms with Crippen LogP contribution in [0.15, 0.2) is 0 Å². The van der Waals surface area contributed by atoms with Crippen LogP contribution in [0.3, 0.4) is 0 Å². The second kappa shape index (κ2) is 4.30. The number of hydrogen-bond acceptors (Lipinski definition) is 3. The van der Waals surface area contributed by atoms with Crippen LogP contribution in [0.5, 0.6) is 0 Å². The predicted molar refractivity (Wildman–Crippen MR) is 53.9 cm³/mol. The molecular formula is C11H19NO2. The minimum atomic E-state index is -0.0921. The average Bonchev–Trinajstić information content (AvgIpc) is 3.01. The normalized spacial score (nSPS) is 32.6. The standard InChI is InChI=1S/C11H19NO2/c1-14-11(13)10-7-9(4-5-12-10)6-8-2-3-8/h8-10,12H,2-7H2,1H3/t9-,10-/m1/s1. The maximum absolute atomic E-state index is 11.3. The largest absolute Gasteiger partial charge is 0.468 e. The zero-order chi connectivity index (χ0) is 9.97. The predicted octanol–water partition coefficient (Wildman–Crippen LogP) is 1.33. The number of esters is 1. The highest BCUT2D eigenvalue weighted by molar-refractivity contribution is 5.75. The fraction of sp³-hybridized carbons (Fsp3) is 0.909. The Labute approximate surface area is 85.2 Å². The first-order valence-electron chi connectivity index (χ1n) is 5.61. The minimum Gasteiger partial charge on any atom is -0.468 e. The lowest BCUT2D eigenvalue weighted by atomic mass is 9.88. The van der Waals surface area contributed by atoms with Crippen molar-refractivity contribution in [2.75, 3.05) is 13.7 Å². The number of hydrogen-bond donors (Lipinski definition) is 1. The summed E-state index contributed by atoms with van der Waals surface area (Å²) in [5, 5.41) is 3.22. The van der Waals surface area contributed by atoms with E-state index in [2.05, 4.69) is 5.32 Å². The van der Waals surface area contributed by atoms with Crippen LogP contribution in [0.4, 0.5) is 0 Å². The van der Waals surface area contributed by atoms with Gasteiger partial charge in [0, 0.05) is 0 Å². The van der Waals surface area contributed by atoms with E-state index < -0.39 is 0 Å². The van der Waals surface area contributed by atoms with Gasteiger partial charge in [0.05, 0.1) is 7.11 Å². The molecular weight excluding hydrogens is 178 g/mol. The molecule has 1 aliphatic carbocycles. The van der Waals surface area contributed by atoms with Crippen molar-refractivity contribution in [1.82, 2.24) is 5.32 Å². The average molecular weight is 197 g/mol. The van der Waals surface area contributed by atoms with Gasteiger partial charge in [0.25, 0.3) is 0 Å². The summed E-state index contributed by atoms with van der Waals surface area (Å²) in [4.78, 5) is 11.3. The summed E-state index contributed by atoms with van der Waals surface area (Å²) in [5.41, 5.74) is 0. The highest BCUT2D eigenvalue weighted by Crippen LogP contribution is 2.38. The molecule has 1 saturated heterocycles. The molecule has 3 nitrogen and oxygen atoms in total. The van der Waals surface area contributed by atoms with Crippen LogP contribution in [-0.2, 0) is 9.53 Å². The van der Waals surface area contributed by atoms with Crippen molar-refractivity contribution in [3.8, 4) is 0 Å². The molecule has 0 spiro atoms. The highest BCUT2D eigenvalue weighted by atomic mass is 16.5. The summed E-state index contributed by atoms with van der Waals surface area (Å²) in [6.45, 7) is 0.969. The van der Waals surface area contributed by atoms with Gasteiger partial charge in [0.2, 0.25) is 0 Å². The van der Waals surface area contributed by atoms with E-state index in [4.69, 9.17) is 4.74 Å². The number of carbonyl (C=O) groups excluding carboxylic acids is 1. The maximum Gasteiger partial charge on any atom is 0.322 e. The third-order valence-electron chi connectivity index (χ3n) is 3.36. The van der Waals surface area contributed by atoms with Gasteiger partial charge in [-0.15, -0.1) is 0 Å². The Morgan fingerprint density at radius 2 is 2.14 bits per heavy atom. The smallest absolute Gasteiger partial charge is 0.322 e. The van der Waals surface area contributed by atoms with Crippen molar-refractivity contribution >= 4 is 5.97 Å². The topological polar surface area (TPSA) is 38.3 Å². The minimum absolute atomic E-state index is 0.0440. The Hall–Kier alpha value is -0.570. The second-order valence-corrected chi connectivity index (χ2v) is 4.60. The number of methoxy groups -OCH3 is 1. The van der Waals surface area contributed by atoms with Gasteiger partial charge in [-0.1, -0.05) is 12.8 Å². The second-order valence-electron chi connectivity index (χ2n) is 4.60. The zero-order valence-electron chi connectivity index (χ0n) is 8.79. The monoisotopic (exact) mass is 197 g/mol. The van der Waals surface area contributed by atoms with E-state index in [9.17, 15) is 4.79 Å². The van der Waals surface area contributed by atoms with Gasteiger partial charge < -0.3 is 10.1 Å². The molecule has 1 saturated carbocycles. The van der Waals surface area contributed by atoms with Crippen LogP contribution in [0.25, 0.3) is 0 Å². The van der Waals surface area contributed by atoms with E-state index in [0.29, 0.717) is 0 Å². The third-order valence-corrected chi connectivity index (χ3v) is 3.36. The molecule has 1 heterocycles. The SMILES string of the molecule is COC(=O)[C@H]1C[C@@H](CC2CC2)CCN1. The van der Waals surface area contributed by atoms with Crippen LogP contribution >= 0.6 is 0 Å². The number of rotatable bonds is 3. The molecule has 3 heteroatoms. The van der Waals surface area contributed by atoms with Crippen LogP contribution in [0, 0.1) is 11.8 Å². The van der Waals surface area contributed by atoms with Crippen LogP contribution in [-0.4, -0.2) is 25.7 Å². The molecule has 0 amide bonds. The molecule has 0 unspecified atom stereocenters. The van der Waals surface area contributed by atoms with E-state index in [0.717, 1.165) is 24.8 Å². The fourth-order valence-corrected chi connectivity index (χ4v) is 2.36. The van der Waals surface area contributed by atoms with Crippen molar-refractivity contribution < 1.29 is 9.53 Å². The van der Waals surface area contributed by atoms with Gasteiger partial charge in [-0.05, 0) is 37.6 Å². The van der Waals surface area contributed by atoms with Crippen molar-refractivity contribution in [2.45, 2.75) is 38.1 Å². The molecule has 0 radical (unpaired) electrons. The molecule has 0 aromatic carbocycles. The molecule has 0 aromatic rings. The van der Waals surface area contributed by atoms with Gasteiger partial charge in [0.15, 0.2) is 0 Å². The summed E-state index contributed by atoms with van der Waals surface area (Å²) in [7, 11) is 1.47. The fourth-order valence-electron chi connectivity index (χ4n) is 2.36. The lowest BCUT2D eigenvalue weighted by Gasteiger charge is -2.28. The third kappa shape index (κ3) is 2.47. The van der Waals surface area contributed by atoms with E-state index in [1.807, 2.05) is 0 Å². The van der Waals surface area contributed by atoms with Crippen LogP contribution < -0.4 is 5.32 Å².